The largest absolute Gasteiger partial charge is 0.313 e. The smallest absolute Gasteiger partial charge is 0.207 e. The molecule has 1 N–H and O–H groups in total. The van der Waals surface area contributed by atoms with Crippen LogP contribution in [0.1, 0.15) is 40.0 Å². The van der Waals surface area contributed by atoms with E-state index in [1.165, 1.54) is 25.8 Å². The fraction of sp³-hybridized carbons (Fsp3) is 0.407. The number of quaternary nitrogens is 1. The van der Waals surface area contributed by atoms with Crippen molar-refractivity contribution in [1.82, 2.24) is 14.3 Å². The summed E-state index contributed by atoms with van der Waals surface area (Å²) in [5.41, 5.74) is 1.83. The van der Waals surface area contributed by atoms with E-state index in [1.54, 1.807) is 16.2 Å². The van der Waals surface area contributed by atoms with Crippen LogP contribution < -0.4 is 4.90 Å². The van der Waals surface area contributed by atoms with Crippen molar-refractivity contribution >= 4 is 45.2 Å². The molecule has 6 rings (SSSR count). The van der Waals surface area contributed by atoms with Crippen LogP contribution in [0, 0.1) is 15.6 Å². The summed E-state index contributed by atoms with van der Waals surface area (Å²) in [6.07, 6.45) is 3.86. The van der Waals surface area contributed by atoms with Gasteiger partial charge in [0.2, 0.25) is 4.77 Å². The first-order chi connectivity index (χ1) is 16.2. The average molecular weight is 510 g/mol. The second-order valence-electron chi connectivity index (χ2n) is 11.3. The predicted molar refractivity (Wildman–Crippen MR) is 144 cm³/mol. The number of para-hydroxylation sites is 1. The van der Waals surface area contributed by atoms with Gasteiger partial charge in [-0.25, -0.2) is 0 Å². The number of likely N-dealkylation sites (tertiary alicyclic amines) is 1. The third-order valence-electron chi connectivity index (χ3n) is 7.62. The summed E-state index contributed by atoms with van der Waals surface area (Å²) in [4.78, 5) is 2.58. The molecule has 2 bridgehead atoms. The van der Waals surface area contributed by atoms with Crippen molar-refractivity contribution in [1.29, 1.82) is 0 Å². The highest BCUT2D eigenvalue weighted by atomic mass is 35.5. The van der Waals surface area contributed by atoms with E-state index in [4.69, 9.17) is 28.9 Å². The van der Waals surface area contributed by atoms with E-state index in [0.29, 0.717) is 16.9 Å². The Hall–Kier alpha value is -1.99. The standard InChI is InChI=1S/C27H29ClN4S2/c1-26(2)13-19-14-27(3,15-26)16-30(19)17-31-25(33)32(18-9-5-4-6-10-18)24(29-31)23-22(28)20-11-7-8-12-21(20)34-23/h4-12,19H,13-17H2,1-3H3/p+1/t19-,27-/m0/s1. The van der Waals surface area contributed by atoms with Crippen LogP contribution in [-0.2, 0) is 6.67 Å². The molecule has 4 nitrogen and oxygen atoms in total. The number of rotatable bonds is 4. The van der Waals surface area contributed by atoms with Crippen molar-refractivity contribution < 1.29 is 4.90 Å². The van der Waals surface area contributed by atoms with E-state index in [0.717, 1.165) is 42.9 Å². The molecule has 2 aliphatic rings. The summed E-state index contributed by atoms with van der Waals surface area (Å²) in [5, 5.41) is 6.95. The van der Waals surface area contributed by atoms with E-state index in [2.05, 4.69) is 55.7 Å². The van der Waals surface area contributed by atoms with Crippen molar-refractivity contribution in [3.63, 3.8) is 0 Å². The maximum Gasteiger partial charge on any atom is 0.207 e. The number of nitrogens with zero attached hydrogens (tertiary/aromatic N) is 3. The zero-order valence-corrected chi connectivity index (χ0v) is 22.2. The summed E-state index contributed by atoms with van der Waals surface area (Å²) >= 11 is 14.7. The van der Waals surface area contributed by atoms with Crippen molar-refractivity contribution in [2.75, 3.05) is 6.54 Å². The molecular formula is C27H30ClN4S2+. The molecule has 2 aromatic heterocycles. The molecule has 2 aromatic carbocycles. The second kappa shape index (κ2) is 8.02. The first-order valence-corrected chi connectivity index (χ1v) is 13.6. The Morgan fingerprint density at radius 3 is 2.59 bits per heavy atom. The van der Waals surface area contributed by atoms with Crippen LogP contribution in [0.5, 0.6) is 0 Å². The number of fused-ring (bicyclic) bond motifs is 3. The van der Waals surface area contributed by atoms with Gasteiger partial charge in [-0.1, -0.05) is 68.8 Å². The maximum atomic E-state index is 6.91. The Bertz CT molecular complexity index is 1430. The van der Waals surface area contributed by atoms with Gasteiger partial charge in [0, 0.05) is 28.3 Å². The summed E-state index contributed by atoms with van der Waals surface area (Å²) in [6, 6.07) is 19.2. The lowest BCUT2D eigenvalue weighted by Crippen LogP contribution is -3.13. The minimum Gasteiger partial charge on any atom is -0.313 e. The van der Waals surface area contributed by atoms with Crippen LogP contribution in [0.15, 0.2) is 54.6 Å². The summed E-state index contributed by atoms with van der Waals surface area (Å²) in [7, 11) is 0. The molecule has 2 fully saturated rings. The van der Waals surface area contributed by atoms with Gasteiger partial charge >= 0.3 is 0 Å². The van der Waals surface area contributed by atoms with Crippen LogP contribution in [0.3, 0.4) is 0 Å². The number of halogens is 1. The monoisotopic (exact) mass is 509 g/mol. The highest BCUT2D eigenvalue weighted by Crippen LogP contribution is 2.47. The fourth-order valence-electron chi connectivity index (χ4n) is 6.75. The van der Waals surface area contributed by atoms with Crippen molar-refractivity contribution in [3.8, 4) is 16.4 Å². The Morgan fingerprint density at radius 2 is 1.82 bits per heavy atom. The molecule has 1 aliphatic carbocycles. The highest BCUT2D eigenvalue weighted by molar-refractivity contribution is 7.71. The molecule has 0 radical (unpaired) electrons. The minimum absolute atomic E-state index is 0.403. The predicted octanol–water partition coefficient (Wildman–Crippen LogP) is 6.38. The lowest BCUT2D eigenvalue weighted by Gasteiger charge is -2.37. The van der Waals surface area contributed by atoms with Gasteiger partial charge in [0.15, 0.2) is 12.5 Å². The number of nitrogens with one attached hydrogen (secondary N) is 1. The van der Waals surface area contributed by atoms with Gasteiger partial charge in [-0.05, 0) is 42.3 Å². The fourth-order valence-corrected chi connectivity index (χ4v) is 8.54. The van der Waals surface area contributed by atoms with Crippen LogP contribution in [0.25, 0.3) is 26.5 Å². The molecular weight excluding hydrogens is 480 g/mol. The summed E-state index contributed by atoms with van der Waals surface area (Å²) in [5.74, 6) is 0.829. The zero-order valence-electron chi connectivity index (χ0n) is 19.8. The number of thiophene rings is 1. The molecule has 0 spiro atoms. The number of benzene rings is 2. The molecule has 7 heteroatoms. The van der Waals surface area contributed by atoms with Crippen LogP contribution >= 0.6 is 35.2 Å². The Balaban J connectivity index is 1.46. The minimum atomic E-state index is 0.403. The van der Waals surface area contributed by atoms with Crippen molar-refractivity contribution in [2.45, 2.75) is 52.7 Å². The third-order valence-corrected chi connectivity index (χ3v) is 9.68. The van der Waals surface area contributed by atoms with Crippen LogP contribution in [0.4, 0.5) is 0 Å². The van der Waals surface area contributed by atoms with E-state index >= 15 is 0 Å². The first-order valence-electron chi connectivity index (χ1n) is 12.0. The van der Waals surface area contributed by atoms with Gasteiger partial charge in [-0.2, -0.15) is 4.68 Å². The van der Waals surface area contributed by atoms with Gasteiger partial charge in [0.1, 0.15) is 0 Å². The topological polar surface area (TPSA) is 27.2 Å². The lowest BCUT2D eigenvalue weighted by atomic mass is 9.65. The van der Waals surface area contributed by atoms with Crippen molar-refractivity contribution in [3.05, 3.63) is 64.4 Å². The number of hydrogen-bond acceptors (Lipinski definition) is 3. The second-order valence-corrected chi connectivity index (χ2v) is 13.1. The molecule has 3 atom stereocenters. The normalized spacial score (nSPS) is 25.8. The number of aromatic nitrogens is 3. The molecule has 34 heavy (non-hydrogen) atoms. The molecule has 3 heterocycles. The van der Waals surface area contributed by atoms with Gasteiger partial charge in [-0.3, -0.25) is 4.57 Å². The van der Waals surface area contributed by atoms with Gasteiger partial charge in [-0.15, -0.1) is 16.4 Å². The van der Waals surface area contributed by atoms with E-state index < -0.39 is 0 Å². The Morgan fingerprint density at radius 1 is 1.09 bits per heavy atom. The van der Waals surface area contributed by atoms with Crippen LogP contribution in [0.2, 0.25) is 5.02 Å². The average Bonchev–Trinajstić information content (AvgIpc) is 3.37. The van der Waals surface area contributed by atoms with E-state index in [9.17, 15) is 0 Å². The molecule has 176 valence electrons. The first kappa shape index (κ1) is 22.5. The number of hydrogen-bond donors (Lipinski definition) is 1. The van der Waals surface area contributed by atoms with Crippen molar-refractivity contribution in [2.24, 2.45) is 10.8 Å². The van der Waals surface area contributed by atoms with E-state index in [-0.39, 0.29) is 0 Å². The van der Waals surface area contributed by atoms with Crippen LogP contribution in [-0.4, -0.2) is 26.9 Å². The lowest BCUT2D eigenvalue weighted by molar-refractivity contribution is -0.937. The van der Waals surface area contributed by atoms with Gasteiger partial charge in [0.25, 0.3) is 0 Å². The summed E-state index contributed by atoms with van der Waals surface area (Å²) in [6.45, 7) is 9.30. The Labute approximate surface area is 214 Å². The molecule has 0 amide bonds. The molecule has 1 saturated heterocycles. The molecule has 1 saturated carbocycles. The summed E-state index contributed by atoms with van der Waals surface area (Å²) < 4.78 is 6.04. The molecule has 1 aliphatic heterocycles. The molecule has 1 unspecified atom stereocenters. The Kier molecular flexibility index (Phi) is 5.30. The zero-order chi connectivity index (χ0) is 23.7. The quantitative estimate of drug-likeness (QED) is 0.323. The van der Waals surface area contributed by atoms with E-state index in [1.807, 2.05) is 28.9 Å². The molecule has 4 aromatic rings. The maximum absolute atomic E-state index is 6.91. The highest BCUT2D eigenvalue weighted by Gasteiger charge is 2.52. The van der Waals surface area contributed by atoms with Gasteiger partial charge in [0.05, 0.1) is 28.2 Å². The third kappa shape index (κ3) is 3.76. The SMILES string of the molecule is CC1(C)C[C@H]2C[C@](C)(C[NH+]2Cn2nc(-c3sc4ccccc4c3Cl)n(-c3ccccc3)c2=S)C1. The van der Waals surface area contributed by atoms with Gasteiger partial charge < -0.3 is 4.90 Å².